The molecule has 0 radical (unpaired) electrons. The second-order valence-corrected chi connectivity index (χ2v) is 8.03. The highest BCUT2D eigenvalue weighted by atomic mass is 79.9. The maximum absolute atomic E-state index is 13.0. The molecular weight excluding hydrogens is 366 g/mol. The van der Waals surface area contributed by atoms with Gasteiger partial charge >= 0.3 is 0 Å². The Labute approximate surface area is 138 Å². The zero-order chi connectivity index (χ0) is 15.9. The lowest BCUT2D eigenvalue weighted by Gasteiger charge is -2.24. The molecule has 1 unspecified atom stereocenters. The molecule has 0 aliphatic carbocycles. The number of anilines is 1. The fraction of sp³-hybridized carbons (Fsp3) is 0.250. The number of rotatable bonds is 3. The molecule has 0 saturated carbocycles. The summed E-state index contributed by atoms with van der Waals surface area (Å²) in [7, 11) is -2.02. The molecule has 4 nitrogen and oxygen atoms in total. The quantitative estimate of drug-likeness (QED) is 0.815. The molecule has 0 bridgehead atoms. The van der Waals surface area contributed by atoms with Crippen LogP contribution in [0.1, 0.15) is 12.5 Å². The third kappa shape index (κ3) is 2.50. The van der Waals surface area contributed by atoms with Gasteiger partial charge in [-0.05, 0) is 61.4 Å². The fourth-order valence-electron chi connectivity index (χ4n) is 2.80. The van der Waals surface area contributed by atoms with E-state index in [1.54, 1.807) is 31.4 Å². The van der Waals surface area contributed by atoms with Crippen molar-refractivity contribution in [3.8, 4) is 5.75 Å². The van der Waals surface area contributed by atoms with Gasteiger partial charge in [0.15, 0.2) is 0 Å². The Hall–Kier alpha value is -1.53. The summed E-state index contributed by atoms with van der Waals surface area (Å²) in [5, 5.41) is 0. The van der Waals surface area contributed by atoms with Gasteiger partial charge in [-0.1, -0.05) is 15.9 Å². The highest BCUT2D eigenvalue weighted by molar-refractivity contribution is 9.10. The first kappa shape index (κ1) is 15.4. The molecule has 1 aliphatic rings. The predicted octanol–water partition coefficient (Wildman–Crippen LogP) is 3.60. The van der Waals surface area contributed by atoms with Crippen LogP contribution in [0.5, 0.6) is 5.75 Å². The molecule has 116 valence electrons. The van der Waals surface area contributed by atoms with Gasteiger partial charge in [-0.2, -0.15) is 0 Å². The van der Waals surface area contributed by atoms with Crippen LogP contribution >= 0.6 is 15.9 Å². The number of nitrogens with zero attached hydrogens (tertiary/aromatic N) is 1. The number of hydrogen-bond acceptors (Lipinski definition) is 3. The molecule has 3 rings (SSSR count). The summed E-state index contributed by atoms with van der Waals surface area (Å²) in [6.07, 6.45) is 0.712. The lowest BCUT2D eigenvalue weighted by Crippen LogP contribution is -2.35. The Morgan fingerprint density at radius 2 is 1.86 bits per heavy atom. The van der Waals surface area contributed by atoms with Crippen molar-refractivity contribution in [2.24, 2.45) is 0 Å². The lowest BCUT2D eigenvalue weighted by molar-refractivity contribution is 0.414. The van der Waals surface area contributed by atoms with Crippen molar-refractivity contribution in [3.05, 3.63) is 52.5 Å². The molecule has 1 heterocycles. The average Bonchev–Trinajstić information content (AvgIpc) is 2.82. The zero-order valence-corrected chi connectivity index (χ0v) is 14.7. The molecule has 2 aromatic rings. The highest BCUT2D eigenvalue weighted by Crippen LogP contribution is 2.38. The molecular formula is C16H16BrNO3S. The van der Waals surface area contributed by atoms with E-state index in [0.717, 1.165) is 15.7 Å². The Balaban J connectivity index is 2.05. The first-order valence-electron chi connectivity index (χ1n) is 6.90. The van der Waals surface area contributed by atoms with Crippen LogP contribution in [0.3, 0.4) is 0 Å². The maximum Gasteiger partial charge on any atom is 0.264 e. The van der Waals surface area contributed by atoms with E-state index < -0.39 is 10.0 Å². The van der Waals surface area contributed by atoms with Gasteiger partial charge in [0.1, 0.15) is 5.75 Å². The average molecular weight is 382 g/mol. The SMILES string of the molecule is COc1ccc(S(=O)(=O)N2c3ccc(Br)cc3CC2C)cc1. The molecule has 1 atom stereocenters. The van der Waals surface area contributed by atoms with Crippen molar-refractivity contribution in [2.45, 2.75) is 24.3 Å². The maximum atomic E-state index is 13.0. The predicted molar refractivity (Wildman–Crippen MR) is 90.0 cm³/mol. The molecule has 2 aromatic carbocycles. The van der Waals surface area contributed by atoms with Crippen molar-refractivity contribution in [2.75, 3.05) is 11.4 Å². The molecule has 22 heavy (non-hydrogen) atoms. The molecule has 0 aromatic heterocycles. The monoisotopic (exact) mass is 381 g/mol. The minimum absolute atomic E-state index is 0.101. The molecule has 0 N–H and O–H groups in total. The van der Waals surface area contributed by atoms with E-state index in [4.69, 9.17) is 4.74 Å². The third-order valence-corrected chi connectivity index (χ3v) is 6.25. The number of sulfonamides is 1. The van der Waals surface area contributed by atoms with Crippen LogP contribution < -0.4 is 9.04 Å². The van der Waals surface area contributed by atoms with Crippen LogP contribution in [-0.2, 0) is 16.4 Å². The van der Waals surface area contributed by atoms with Gasteiger partial charge in [0.25, 0.3) is 10.0 Å². The Morgan fingerprint density at radius 1 is 1.18 bits per heavy atom. The number of methoxy groups -OCH3 is 1. The minimum Gasteiger partial charge on any atom is -0.497 e. The van der Waals surface area contributed by atoms with Gasteiger partial charge in [0, 0.05) is 10.5 Å². The zero-order valence-electron chi connectivity index (χ0n) is 12.3. The van der Waals surface area contributed by atoms with E-state index in [0.29, 0.717) is 12.2 Å². The van der Waals surface area contributed by atoms with E-state index in [1.165, 1.54) is 4.31 Å². The third-order valence-electron chi connectivity index (χ3n) is 3.81. The van der Waals surface area contributed by atoms with Gasteiger partial charge < -0.3 is 4.74 Å². The van der Waals surface area contributed by atoms with Gasteiger partial charge in [0.05, 0.1) is 17.7 Å². The largest absolute Gasteiger partial charge is 0.497 e. The smallest absolute Gasteiger partial charge is 0.264 e. The number of hydrogen-bond donors (Lipinski definition) is 0. The lowest BCUT2D eigenvalue weighted by atomic mass is 10.1. The number of halogens is 1. The van der Waals surface area contributed by atoms with Crippen LogP contribution in [0.15, 0.2) is 51.8 Å². The van der Waals surface area contributed by atoms with Gasteiger partial charge in [-0.15, -0.1) is 0 Å². The highest BCUT2D eigenvalue weighted by Gasteiger charge is 2.36. The van der Waals surface area contributed by atoms with E-state index in [-0.39, 0.29) is 10.9 Å². The standard InChI is InChI=1S/C16H16BrNO3S/c1-11-9-12-10-13(17)3-8-16(12)18(11)22(19,20)15-6-4-14(21-2)5-7-15/h3-8,10-11H,9H2,1-2H3. The molecule has 0 amide bonds. The first-order valence-corrected chi connectivity index (χ1v) is 9.13. The summed E-state index contributed by atoms with van der Waals surface area (Å²) in [5.41, 5.74) is 1.80. The minimum atomic E-state index is -3.58. The van der Waals surface area contributed by atoms with Crippen molar-refractivity contribution in [1.82, 2.24) is 0 Å². The van der Waals surface area contributed by atoms with Crippen molar-refractivity contribution < 1.29 is 13.2 Å². The molecule has 0 spiro atoms. The van der Waals surface area contributed by atoms with Gasteiger partial charge in [-0.25, -0.2) is 8.42 Å². The number of ether oxygens (including phenoxy) is 1. The molecule has 6 heteroatoms. The normalized spacial score (nSPS) is 17.4. The Bertz CT molecular complexity index is 803. The number of benzene rings is 2. The Kier molecular flexibility index (Phi) is 3.91. The van der Waals surface area contributed by atoms with Crippen LogP contribution in [0, 0.1) is 0 Å². The van der Waals surface area contributed by atoms with Crippen molar-refractivity contribution >= 4 is 31.6 Å². The van der Waals surface area contributed by atoms with E-state index >= 15 is 0 Å². The topological polar surface area (TPSA) is 46.6 Å². The number of fused-ring (bicyclic) bond motifs is 1. The summed E-state index contributed by atoms with van der Waals surface area (Å²) in [4.78, 5) is 0.274. The second kappa shape index (κ2) is 5.59. The van der Waals surface area contributed by atoms with Crippen LogP contribution in [0.2, 0.25) is 0 Å². The fourth-order valence-corrected chi connectivity index (χ4v) is 4.90. The van der Waals surface area contributed by atoms with Gasteiger partial charge in [0.2, 0.25) is 0 Å². The van der Waals surface area contributed by atoms with Crippen LogP contribution in [-0.4, -0.2) is 21.6 Å². The summed E-state index contributed by atoms with van der Waals surface area (Å²) in [6, 6.07) is 12.1. The molecule has 0 saturated heterocycles. The second-order valence-electron chi connectivity index (χ2n) is 5.30. The van der Waals surface area contributed by atoms with Crippen molar-refractivity contribution in [3.63, 3.8) is 0 Å². The summed E-state index contributed by atoms with van der Waals surface area (Å²) in [6.45, 7) is 1.93. The van der Waals surface area contributed by atoms with Crippen LogP contribution in [0.25, 0.3) is 0 Å². The summed E-state index contributed by atoms with van der Waals surface area (Å²) >= 11 is 3.43. The van der Waals surface area contributed by atoms with Crippen LogP contribution in [0.4, 0.5) is 5.69 Å². The molecule has 1 aliphatic heterocycles. The van der Waals surface area contributed by atoms with E-state index in [2.05, 4.69) is 15.9 Å². The first-order chi connectivity index (χ1) is 10.4. The van der Waals surface area contributed by atoms with Crippen molar-refractivity contribution in [1.29, 1.82) is 0 Å². The van der Waals surface area contributed by atoms with E-state index in [1.807, 2.05) is 25.1 Å². The summed E-state index contributed by atoms with van der Waals surface area (Å²) < 4.78 is 33.5. The van der Waals surface area contributed by atoms with E-state index in [9.17, 15) is 8.42 Å². The Morgan fingerprint density at radius 3 is 2.50 bits per heavy atom. The summed E-state index contributed by atoms with van der Waals surface area (Å²) in [5.74, 6) is 0.637. The molecule has 0 fully saturated rings. The van der Waals surface area contributed by atoms with Gasteiger partial charge in [-0.3, -0.25) is 4.31 Å².